The number of carboxylic acid groups (broad SMARTS) is 1. The second-order valence-corrected chi connectivity index (χ2v) is 10.1. The predicted octanol–water partition coefficient (Wildman–Crippen LogP) is 1.74. The number of nitrogens with zero attached hydrogens (tertiary/aromatic N) is 1. The number of aliphatic carboxylic acids is 1. The molecular formula is C26H35N3O7. The second kappa shape index (κ2) is 10.9. The molecule has 4 N–H and O–H groups in total. The van der Waals surface area contributed by atoms with Crippen LogP contribution in [-0.2, 0) is 19.2 Å². The number of rotatable bonds is 8. The van der Waals surface area contributed by atoms with Gasteiger partial charge in [0.2, 0.25) is 11.8 Å². The van der Waals surface area contributed by atoms with E-state index in [1.807, 2.05) is 0 Å². The van der Waals surface area contributed by atoms with E-state index in [1.54, 1.807) is 24.3 Å². The molecule has 1 aromatic rings. The summed E-state index contributed by atoms with van der Waals surface area (Å²) in [5.41, 5.74) is -0.845. The predicted molar refractivity (Wildman–Crippen MR) is 130 cm³/mol. The molecule has 3 aliphatic rings. The Kier molecular flexibility index (Phi) is 7.82. The van der Waals surface area contributed by atoms with Gasteiger partial charge >= 0.3 is 5.97 Å². The molecule has 1 aliphatic heterocycles. The first-order valence-electron chi connectivity index (χ1n) is 12.8. The van der Waals surface area contributed by atoms with Crippen molar-refractivity contribution >= 4 is 29.4 Å². The summed E-state index contributed by atoms with van der Waals surface area (Å²) in [5.74, 6) is -4.06. The van der Waals surface area contributed by atoms with E-state index < -0.39 is 41.4 Å². The number of hydrogen-bond acceptors (Lipinski definition) is 6. The molecule has 4 rings (SSSR count). The maximum absolute atomic E-state index is 13.3. The molecule has 10 nitrogen and oxygen atoms in total. The van der Waals surface area contributed by atoms with Crippen LogP contribution in [0.3, 0.4) is 0 Å². The number of nitrogens with one attached hydrogen (secondary N) is 2. The van der Waals surface area contributed by atoms with Crippen molar-refractivity contribution in [3.63, 3.8) is 0 Å². The Morgan fingerprint density at radius 1 is 1.03 bits per heavy atom. The number of aliphatic hydroxyl groups is 1. The highest BCUT2D eigenvalue weighted by atomic mass is 16.5. The zero-order chi connectivity index (χ0) is 25.9. The summed E-state index contributed by atoms with van der Waals surface area (Å²) in [6.07, 6.45) is 6.46. The van der Waals surface area contributed by atoms with Gasteiger partial charge in [0.1, 0.15) is 29.4 Å². The van der Waals surface area contributed by atoms with Crippen LogP contribution in [0.1, 0.15) is 64.2 Å². The van der Waals surface area contributed by atoms with Crippen LogP contribution in [0.4, 0.5) is 5.69 Å². The lowest BCUT2D eigenvalue weighted by atomic mass is 9.78. The van der Waals surface area contributed by atoms with Crippen LogP contribution < -0.4 is 20.3 Å². The van der Waals surface area contributed by atoms with E-state index in [9.17, 15) is 29.4 Å². The van der Waals surface area contributed by atoms with Gasteiger partial charge in [-0.1, -0.05) is 38.5 Å². The van der Waals surface area contributed by atoms with Gasteiger partial charge < -0.3 is 25.6 Å². The lowest BCUT2D eigenvalue weighted by molar-refractivity contribution is -0.157. The molecule has 1 aromatic carbocycles. The molecule has 1 heterocycles. The average Bonchev–Trinajstić information content (AvgIpc) is 2.88. The van der Waals surface area contributed by atoms with Crippen molar-refractivity contribution in [3.8, 4) is 5.75 Å². The fourth-order valence-corrected chi connectivity index (χ4v) is 5.72. The lowest BCUT2D eigenvalue weighted by Crippen LogP contribution is -2.71. The first-order chi connectivity index (χ1) is 17.3. The normalized spacial score (nSPS) is 24.8. The van der Waals surface area contributed by atoms with Gasteiger partial charge in [0.05, 0.1) is 7.11 Å². The molecule has 3 unspecified atom stereocenters. The van der Waals surface area contributed by atoms with E-state index in [0.29, 0.717) is 24.3 Å². The van der Waals surface area contributed by atoms with Crippen LogP contribution in [0.25, 0.3) is 0 Å². The minimum atomic E-state index is -1.89. The highest BCUT2D eigenvalue weighted by Gasteiger charge is 2.58. The third-order valence-electron chi connectivity index (χ3n) is 7.80. The highest BCUT2D eigenvalue weighted by Crippen LogP contribution is 2.37. The van der Waals surface area contributed by atoms with Crippen molar-refractivity contribution in [3.05, 3.63) is 24.3 Å². The van der Waals surface area contributed by atoms with Gasteiger partial charge in [0, 0.05) is 11.7 Å². The molecule has 0 radical (unpaired) electrons. The zero-order valence-electron chi connectivity index (χ0n) is 20.6. The topological polar surface area (TPSA) is 145 Å². The standard InChI is InChI=1S/C26H35N3O7/c1-36-18-12-10-17(11-13-18)29-20(24(33)34)19(23(29)32)21(30)22(31)28-26(14-6-3-7-15-26)25(35)27-16-8-4-2-5-9-16/h10-13,16,19-21,30H,2-9,14-15H2,1H3,(H,27,35)(H,28,31)(H,33,34). The minimum absolute atomic E-state index is 0.0644. The number of amides is 3. The largest absolute Gasteiger partial charge is 0.497 e. The van der Waals surface area contributed by atoms with Gasteiger partial charge in [-0.15, -0.1) is 0 Å². The van der Waals surface area contributed by atoms with Crippen molar-refractivity contribution in [1.29, 1.82) is 0 Å². The number of methoxy groups -OCH3 is 1. The Bertz CT molecular complexity index is 984. The van der Waals surface area contributed by atoms with Crippen LogP contribution in [0.5, 0.6) is 5.75 Å². The van der Waals surface area contributed by atoms with Gasteiger partial charge in [-0.25, -0.2) is 4.79 Å². The Hall–Kier alpha value is -3.14. The number of anilines is 1. The molecule has 3 amide bonds. The lowest BCUT2D eigenvalue weighted by Gasteiger charge is -2.46. The molecular weight excluding hydrogens is 466 g/mol. The monoisotopic (exact) mass is 501 g/mol. The quantitative estimate of drug-likeness (QED) is 0.397. The molecule has 10 heteroatoms. The SMILES string of the molecule is COc1ccc(N2C(=O)C(C(O)C(=O)NC3(C(=O)NC4CCCCC4)CCCCC3)C2C(=O)O)cc1. The summed E-state index contributed by atoms with van der Waals surface area (Å²) in [4.78, 5) is 52.5. The van der Waals surface area contributed by atoms with E-state index >= 15 is 0 Å². The van der Waals surface area contributed by atoms with Crippen molar-refractivity contribution in [2.45, 2.75) is 87.9 Å². The molecule has 2 aliphatic carbocycles. The van der Waals surface area contributed by atoms with Crippen LogP contribution in [0, 0.1) is 5.92 Å². The third-order valence-corrected chi connectivity index (χ3v) is 7.80. The van der Waals surface area contributed by atoms with Crippen LogP contribution in [-0.4, -0.2) is 64.7 Å². The van der Waals surface area contributed by atoms with E-state index in [0.717, 1.165) is 56.3 Å². The summed E-state index contributed by atoms with van der Waals surface area (Å²) in [5, 5.41) is 26.5. The number of carbonyl (C=O) groups is 4. The Morgan fingerprint density at radius 2 is 1.64 bits per heavy atom. The number of benzene rings is 1. The van der Waals surface area contributed by atoms with E-state index in [4.69, 9.17) is 4.74 Å². The maximum Gasteiger partial charge on any atom is 0.327 e. The Balaban J connectivity index is 1.48. The molecule has 196 valence electrons. The van der Waals surface area contributed by atoms with Crippen LogP contribution in [0.2, 0.25) is 0 Å². The average molecular weight is 502 g/mol. The van der Waals surface area contributed by atoms with Crippen molar-refractivity contribution in [1.82, 2.24) is 10.6 Å². The molecule has 2 saturated carbocycles. The fourth-order valence-electron chi connectivity index (χ4n) is 5.72. The van der Waals surface area contributed by atoms with E-state index in [-0.39, 0.29) is 11.9 Å². The summed E-state index contributed by atoms with van der Waals surface area (Å²) < 4.78 is 5.10. The minimum Gasteiger partial charge on any atom is -0.497 e. The molecule has 0 aromatic heterocycles. The van der Waals surface area contributed by atoms with Crippen molar-refractivity contribution < 1.29 is 34.1 Å². The first-order valence-corrected chi connectivity index (χ1v) is 12.8. The van der Waals surface area contributed by atoms with Gasteiger partial charge in [0.15, 0.2) is 0 Å². The number of β-lactam (4-membered cyclic amide) rings is 1. The molecule has 0 spiro atoms. The number of carbonyl (C=O) groups excluding carboxylic acids is 3. The molecule has 3 fully saturated rings. The number of ether oxygens (including phenoxy) is 1. The Labute approximate surface area is 210 Å². The highest BCUT2D eigenvalue weighted by molar-refractivity contribution is 6.12. The number of carboxylic acids is 1. The van der Waals surface area contributed by atoms with Crippen LogP contribution in [0.15, 0.2) is 24.3 Å². The summed E-state index contributed by atoms with van der Waals surface area (Å²) >= 11 is 0. The van der Waals surface area contributed by atoms with Crippen LogP contribution >= 0.6 is 0 Å². The number of aliphatic hydroxyl groups excluding tert-OH is 1. The summed E-state index contributed by atoms with van der Waals surface area (Å²) in [6, 6.07) is 4.93. The Morgan fingerprint density at radius 3 is 2.22 bits per heavy atom. The van der Waals surface area contributed by atoms with Crippen molar-refractivity contribution in [2.75, 3.05) is 12.0 Å². The van der Waals surface area contributed by atoms with Gasteiger partial charge in [-0.3, -0.25) is 19.3 Å². The summed E-state index contributed by atoms with van der Waals surface area (Å²) in [7, 11) is 1.49. The first kappa shape index (κ1) is 25.9. The van der Waals surface area contributed by atoms with Gasteiger partial charge in [-0.05, 0) is 49.9 Å². The van der Waals surface area contributed by atoms with Crippen molar-refractivity contribution in [2.24, 2.45) is 5.92 Å². The zero-order valence-corrected chi connectivity index (χ0v) is 20.6. The number of hydrogen-bond donors (Lipinski definition) is 4. The summed E-state index contributed by atoms with van der Waals surface area (Å²) in [6.45, 7) is 0. The van der Waals surface area contributed by atoms with Gasteiger partial charge in [0.25, 0.3) is 5.91 Å². The van der Waals surface area contributed by atoms with E-state index in [1.165, 1.54) is 7.11 Å². The fraction of sp³-hybridized carbons (Fsp3) is 0.615. The van der Waals surface area contributed by atoms with E-state index in [2.05, 4.69) is 10.6 Å². The third kappa shape index (κ3) is 5.04. The molecule has 3 atom stereocenters. The maximum atomic E-state index is 13.3. The van der Waals surface area contributed by atoms with Gasteiger partial charge in [-0.2, -0.15) is 0 Å². The smallest absolute Gasteiger partial charge is 0.327 e. The second-order valence-electron chi connectivity index (χ2n) is 10.1. The molecule has 0 bridgehead atoms. The molecule has 36 heavy (non-hydrogen) atoms. The molecule has 1 saturated heterocycles.